The normalized spacial score (nSPS) is 18.9. The molecule has 0 N–H and O–H groups in total. The highest BCUT2D eigenvalue weighted by Gasteiger charge is 2.36. The first-order valence-corrected chi connectivity index (χ1v) is 9.51. The Morgan fingerprint density at radius 3 is 2.35 bits per heavy atom. The van der Waals surface area contributed by atoms with E-state index in [4.69, 9.17) is 4.42 Å². The van der Waals surface area contributed by atoms with Gasteiger partial charge in [-0.2, -0.15) is 0 Å². The summed E-state index contributed by atoms with van der Waals surface area (Å²) in [7, 11) is 4.05. The van der Waals surface area contributed by atoms with Gasteiger partial charge in [0.25, 0.3) is 0 Å². The van der Waals surface area contributed by atoms with Crippen LogP contribution in [0, 0.1) is 6.92 Å². The monoisotopic (exact) mass is 356 g/mol. The van der Waals surface area contributed by atoms with Crippen LogP contribution in [0.1, 0.15) is 37.1 Å². The number of piperidine rings is 1. The quantitative estimate of drug-likeness (QED) is 0.788. The van der Waals surface area contributed by atoms with Crippen LogP contribution in [0.5, 0.6) is 0 Å². The Morgan fingerprint density at radius 2 is 1.73 bits per heavy atom. The molecule has 0 bridgehead atoms. The molecule has 2 aliphatic rings. The largest absolute Gasteiger partial charge is 0.448 e. The zero-order chi connectivity index (χ0) is 18.1. The lowest BCUT2D eigenvalue weighted by molar-refractivity contribution is 0.198. The first-order valence-electron chi connectivity index (χ1n) is 9.51. The number of aryl methyl sites for hydroxylation is 1. The second-order valence-electron chi connectivity index (χ2n) is 7.63. The minimum Gasteiger partial charge on any atom is -0.448 e. The molecule has 140 valence electrons. The van der Waals surface area contributed by atoms with E-state index in [1.807, 2.05) is 25.9 Å². The van der Waals surface area contributed by atoms with Crippen LogP contribution in [0.15, 0.2) is 23.2 Å². The highest BCUT2D eigenvalue weighted by atomic mass is 16.3. The maximum absolute atomic E-state index is 5.33. The zero-order valence-electron chi connectivity index (χ0n) is 15.9. The molecule has 1 aliphatic heterocycles. The van der Waals surface area contributed by atoms with Crippen molar-refractivity contribution in [1.82, 2.24) is 19.9 Å². The number of hydrogen-bond acceptors (Lipinski definition) is 7. The Hall–Kier alpha value is -2.15. The summed E-state index contributed by atoms with van der Waals surface area (Å²) in [5, 5.41) is 0. The summed E-state index contributed by atoms with van der Waals surface area (Å²) < 4.78 is 5.33. The third-order valence-corrected chi connectivity index (χ3v) is 5.47. The van der Waals surface area contributed by atoms with E-state index in [0.29, 0.717) is 12.1 Å². The Morgan fingerprint density at radius 1 is 1.04 bits per heavy atom. The van der Waals surface area contributed by atoms with E-state index in [2.05, 4.69) is 30.8 Å². The molecular formula is C19H28N6O. The highest BCUT2D eigenvalue weighted by molar-refractivity contribution is 5.51. The van der Waals surface area contributed by atoms with Crippen LogP contribution in [-0.4, -0.2) is 59.1 Å². The standard InChI is InChI=1S/C19H28N6O/c1-14-17(22-13-26-14)11-24-8-6-16(7-9-24)25(15-4-5-15)19-10-18(23(2)3)20-12-21-19/h10,12-13,15-16H,4-9,11H2,1-3H3. The molecular weight excluding hydrogens is 328 g/mol. The summed E-state index contributed by atoms with van der Waals surface area (Å²) in [5.41, 5.74) is 1.06. The fraction of sp³-hybridized carbons (Fsp3) is 0.632. The summed E-state index contributed by atoms with van der Waals surface area (Å²) in [6.07, 6.45) is 8.12. The van der Waals surface area contributed by atoms with Crippen LogP contribution in [0.25, 0.3) is 0 Å². The molecule has 0 atom stereocenters. The van der Waals surface area contributed by atoms with Crippen molar-refractivity contribution in [2.75, 3.05) is 37.0 Å². The van der Waals surface area contributed by atoms with Crippen molar-refractivity contribution >= 4 is 11.6 Å². The van der Waals surface area contributed by atoms with Gasteiger partial charge in [-0.25, -0.2) is 15.0 Å². The highest BCUT2D eigenvalue weighted by Crippen LogP contribution is 2.36. The van der Waals surface area contributed by atoms with Gasteiger partial charge in [-0.15, -0.1) is 0 Å². The van der Waals surface area contributed by atoms with Crippen LogP contribution in [0.4, 0.5) is 11.6 Å². The van der Waals surface area contributed by atoms with Gasteiger partial charge in [-0.1, -0.05) is 0 Å². The van der Waals surface area contributed by atoms with E-state index < -0.39 is 0 Å². The van der Waals surface area contributed by atoms with E-state index in [9.17, 15) is 0 Å². The molecule has 0 radical (unpaired) electrons. The van der Waals surface area contributed by atoms with Gasteiger partial charge in [0.15, 0.2) is 6.39 Å². The molecule has 1 saturated heterocycles. The summed E-state index contributed by atoms with van der Waals surface area (Å²) in [4.78, 5) is 20.4. The molecule has 0 spiro atoms. The molecule has 26 heavy (non-hydrogen) atoms. The van der Waals surface area contributed by atoms with Gasteiger partial charge in [0.05, 0.1) is 5.69 Å². The van der Waals surface area contributed by atoms with Gasteiger partial charge in [0.1, 0.15) is 23.7 Å². The molecule has 3 heterocycles. The van der Waals surface area contributed by atoms with E-state index in [1.165, 1.54) is 12.8 Å². The van der Waals surface area contributed by atoms with E-state index >= 15 is 0 Å². The number of oxazole rings is 1. The Kier molecular flexibility index (Phi) is 4.80. The Balaban J connectivity index is 1.43. The minimum atomic E-state index is 0.557. The molecule has 2 fully saturated rings. The van der Waals surface area contributed by atoms with Crippen molar-refractivity contribution in [1.29, 1.82) is 0 Å². The maximum atomic E-state index is 5.33. The van der Waals surface area contributed by atoms with Crippen LogP contribution in [-0.2, 0) is 6.54 Å². The van der Waals surface area contributed by atoms with Crippen molar-refractivity contribution < 1.29 is 4.42 Å². The van der Waals surface area contributed by atoms with E-state index in [-0.39, 0.29) is 0 Å². The smallest absolute Gasteiger partial charge is 0.181 e. The zero-order valence-corrected chi connectivity index (χ0v) is 15.9. The average Bonchev–Trinajstić information content (AvgIpc) is 3.40. The minimum absolute atomic E-state index is 0.557. The third-order valence-electron chi connectivity index (χ3n) is 5.47. The second kappa shape index (κ2) is 7.23. The lowest BCUT2D eigenvalue weighted by Gasteiger charge is -2.39. The topological polar surface area (TPSA) is 61.5 Å². The van der Waals surface area contributed by atoms with Crippen LogP contribution in [0.2, 0.25) is 0 Å². The van der Waals surface area contributed by atoms with Gasteiger partial charge in [0.2, 0.25) is 0 Å². The van der Waals surface area contributed by atoms with Gasteiger partial charge < -0.3 is 14.2 Å². The molecule has 7 nitrogen and oxygen atoms in total. The summed E-state index contributed by atoms with van der Waals surface area (Å²) >= 11 is 0. The summed E-state index contributed by atoms with van der Waals surface area (Å²) in [6, 6.07) is 3.33. The number of anilines is 2. The third kappa shape index (κ3) is 3.67. The predicted molar refractivity (Wildman–Crippen MR) is 101 cm³/mol. The lowest BCUT2D eigenvalue weighted by atomic mass is 10.0. The molecule has 0 unspecified atom stereocenters. The summed E-state index contributed by atoms with van der Waals surface area (Å²) in [5.74, 6) is 2.99. The average molecular weight is 356 g/mol. The van der Waals surface area contributed by atoms with Crippen molar-refractivity contribution in [2.24, 2.45) is 0 Å². The SMILES string of the molecule is Cc1ocnc1CN1CCC(N(c2cc(N(C)C)ncn2)C2CC2)CC1. The molecule has 2 aromatic heterocycles. The van der Waals surface area contributed by atoms with Gasteiger partial charge in [0, 0.05) is 51.9 Å². The lowest BCUT2D eigenvalue weighted by Crippen LogP contribution is -2.46. The Labute approximate surface area is 155 Å². The second-order valence-corrected chi connectivity index (χ2v) is 7.63. The fourth-order valence-electron chi connectivity index (χ4n) is 3.80. The van der Waals surface area contributed by atoms with Crippen molar-refractivity contribution in [3.63, 3.8) is 0 Å². The van der Waals surface area contributed by atoms with Gasteiger partial charge in [-0.3, -0.25) is 4.90 Å². The van der Waals surface area contributed by atoms with Gasteiger partial charge in [-0.05, 0) is 32.6 Å². The number of aromatic nitrogens is 3. The molecule has 4 rings (SSSR count). The van der Waals surface area contributed by atoms with Crippen molar-refractivity contribution in [3.05, 3.63) is 30.2 Å². The molecule has 0 aromatic carbocycles. The van der Waals surface area contributed by atoms with E-state index in [0.717, 1.165) is 55.6 Å². The van der Waals surface area contributed by atoms with E-state index in [1.54, 1.807) is 12.7 Å². The molecule has 0 amide bonds. The number of likely N-dealkylation sites (tertiary alicyclic amines) is 1. The molecule has 1 saturated carbocycles. The molecule has 2 aromatic rings. The number of rotatable bonds is 6. The molecule has 7 heteroatoms. The van der Waals surface area contributed by atoms with Crippen molar-refractivity contribution in [3.8, 4) is 0 Å². The number of nitrogens with zero attached hydrogens (tertiary/aromatic N) is 6. The Bertz CT molecular complexity index is 733. The van der Waals surface area contributed by atoms with Gasteiger partial charge >= 0.3 is 0 Å². The molecule has 1 aliphatic carbocycles. The first kappa shape index (κ1) is 17.3. The van der Waals surface area contributed by atoms with Crippen LogP contribution < -0.4 is 9.80 Å². The fourth-order valence-corrected chi connectivity index (χ4v) is 3.80. The predicted octanol–water partition coefficient (Wildman–Crippen LogP) is 2.47. The summed E-state index contributed by atoms with van der Waals surface area (Å²) in [6.45, 7) is 5.05. The van der Waals surface area contributed by atoms with Crippen molar-refractivity contribution in [2.45, 2.75) is 51.2 Å². The first-order chi connectivity index (χ1) is 12.6. The van der Waals surface area contributed by atoms with Crippen LogP contribution in [0.3, 0.4) is 0 Å². The maximum Gasteiger partial charge on any atom is 0.181 e. The number of hydrogen-bond donors (Lipinski definition) is 0. The van der Waals surface area contributed by atoms with Crippen LogP contribution >= 0.6 is 0 Å².